The molecule has 0 aliphatic heterocycles. The fourth-order valence-electron chi connectivity index (χ4n) is 1.43. The van der Waals surface area contributed by atoms with Gasteiger partial charge in [-0.3, -0.25) is 0 Å². The predicted octanol–water partition coefficient (Wildman–Crippen LogP) is 0.684. The molecule has 2 N–H and O–H groups in total. The van der Waals surface area contributed by atoms with Crippen molar-refractivity contribution >= 4 is 0 Å². The Morgan fingerprint density at radius 2 is 2.14 bits per heavy atom. The van der Waals surface area contributed by atoms with Crippen LogP contribution in [0.1, 0.15) is 19.5 Å². The van der Waals surface area contributed by atoms with E-state index in [1.165, 1.54) is 0 Å². The van der Waals surface area contributed by atoms with Crippen molar-refractivity contribution in [3.05, 3.63) is 18.2 Å². The summed E-state index contributed by atoms with van der Waals surface area (Å²) in [6.45, 7) is 9.18. The maximum Gasteiger partial charge on any atom is 0.0950 e. The minimum absolute atomic E-state index is 0.526. The highest BCUT2D eigenvalue weighted by molar-refractivity contribution is 4.95. The lowest BCUT2D eigenvalue weighted by molar-refractivity contribution is 0.290. The van der Waals surface area contributed by atoms with Gasteiger partial charge in [0.15, 0.2) is 0 Å². The molecule has 0 radical (unpaired) electrons. The summed E-state index contributed by atoms with van der Waals surface area (Å²) in [6, 6.07) is 0. The van der Waals surface area contributed by atoms with Gasteiger partial charge in [-0.15, -0.1) is 0 Å². The molecule has 14 heavy (non-hydrogen) atoms. The predicted molar refractivity (Wildman–Crippen MR) is 57.9 cm³/mol. The second kappa shape index (κ2) is 5.78. The van der Waals surface area contributed by atoms with E-state index in [2.05, 4.69) is 28.3 Å². The zero-order chi connectivity index (χ0) is 10.4. The molecule has 4 heteroatoms. The fourth-order valence-corrected chi connectivity index (χ4v) is 1.43. The highest BCUT2D eigenvalue weighted by Crippen LogP contribution is 1.96. The van der Waals surface area contributed by atoms with E-state index >= 15 is 0 Å². The molecule has 0 unspecified atom stereocenters. The highest BCUT2D eigenvalue weighted by atomic mass is 15.1. The summed E-state index contributed by atoms with van der Waals surface area (Å²) in [7, 11) is 0. The molecule has 1 heterocycles. The summed E-state index contributed by atoms with van der Waals surface area (Å²) >= 11 is 0. The molecule has 0 atom stereocenters. The summed E-state index contributed by atoms with van der Waals surface area (Å²) in [5.41, 5.74) is 6.45. The van der Waals surface area contributed by atoms with Crippen LogP contribution < -0.4 is 5.73 Å². The Morgan fingerprint density at radius 3 is 2.64 bits per heavy atom. The SMILES string of the molecule is CCN(CC)CCn1cnc(CN)c1. The number of likely N-dealkylation sites (N-methyl/N-ethyl adjacent to an activating group) is 1. The maximum atomic E-state index is 5.49. The van der Waals surface area contributed by atoms with Gasteiger partial charge >= 0.3 is 0 Å². The number of rotatable bonds is 6. The first kappa shape index (κ1) is 11.2. The summed E-state index contributed by atoms with van der Waals surface area (Å²) in [6.07, 6.45) is 3.87. The molecule has 1 aromatic heterocycles. The van der Waals surface area contributed by atoms with Crippen LogP contribution >= 0.6 is 0 Å². The fraction of sp³-hybridized carbons (Fsp3) is 0.700. The van der Waals surface area contributed by atoms with Crippen LogP contribution in [0.5, 0.6) is 0 Å². The Hall–Kier alpha value is -0.870. The van der Waals surface area contributed by atoms with E-state index in [0.29, 0.717) is 6.54 Å². The Balaban J connectivity index is 2.37. The van der Waals surface area contributed by atoms with Crippen LogP contribution in [0.2, 0.25) is 0 Å². The van der Waals surface area contributed by atoms with Gasteiger partial charge in [0.1, 0.15) is 0 Å². The minimum Gasteiger partial charge on any atom is -0.336 e. The van der Waals surface area contributed by atoms with Crippen molar-refractivity contribution < 1.29 is 0 Å². The first-order chi connectivity index (χ1) is 6.80. The van der Waals surface area contributed by atoms with E-state index in [9.17, 15) is 0 Å². The number of nitrogens with two attached hydrogens (primary N) is 1. The molecule has 0 amide bonds. The van der Waals surface area contributed by atoms with Gasteiger partial charge in [-0.25, -0.2) is 4.98 Å². The third-order valence-electron chi connectivity index (χ3n) is 2.46. The lowest BCUT2D eigenvalue weighted by atomic mass is 10.4. The van der Waals surface area contributed by atoms with E-state index in [0.717, 1.165) is 31.9 Å². The van der Waals surface area contributed by atoms with Crippen LogP contribution in [-0.4, -0.2) is 34.1 Å². The van der Waals surface area contributed by atoms with E-state index in [1.807, 2.05) is 12.5 Å². The van der Waals surface area contributed by atoms with Gasteiger partial charge in [-0.1, -0.05) is 13.8 Å². The zero-order valence-electron chi connectivity index (χ0n) is 9.11. The van der Waals surface area contributed by atoms with Crippen molar-refractivity contribution in [2.75, 3.05) is 19.6 Å². The van der Waals surface area contributed by atoms with Gasteiger partial charge in [-0.2, -0.15) is 0 Å². The second-order valence-electron chi connectivity index (χ2n) is 3.33. The molecular weight excluding hydrogens is 176 g/mol. The van der Waals surface area contributed by atoms with Crippen LogP contribution in [0, 0.1) is 0 Å². The van der Waals surface area contributed by atoms with Crippen molar-refractivity contribution in [1.82, 2.24) is 14.5 Å². The number of aromatic nitrogens is 2. The average molecular weight is 196 g/mol. The lowest BCUT2D eigenvalue weighted by Gasteiger charge is -2.17. The number of nitrogens with zero attached hydrogens (tertiary/aromatic N) is 3. The summed E-state index contributed by atoms with van der Waals surface area (Å²) < 4.78 is 2.10. The normalized spacial score (nSPS) is 11.1. The minimum atomic E-state index is 0.526. The van der Waals surface area contributed by atoms with Crippen molar-refractivity contribution in [1.29, 1.82) is 0 Å². The van der Waals surface area contributed by atoms with Crippen LogP contribution in [0.15, 0.2) is 12.5 Å². The maximum absolute atomic E-state index is 5.49. The standard InChI is InChI=1S/C10H20N4/c1-3-13(4-2)5-6-14-8-10(7-11)12-9-14/h8-9H,3-7,11H2,1-2H3. The first-order valence-electron chi connectivity index (χ1n) is 5.23. The average Bonchev–Trinajstić information content (AvgIpc) is 2.67. The molecule has 4 nitrogen and oxygen atoms in total. The molecule has 0 fully saturated rings. The van der Waals surface area contributed by atoms with E-state index in [-0.39, 0.29) is 0 Å². The molecule has 0 bridgehead atoms. The van der Waals surface area contributed by atoms with Gasteiger partial charge in [0.2, 0.25) is 0 Å². The molecule has 0 saturated heterocycles. The second-order valence-corrected chi connectivity index (χ2v) is 3.33. The Bertz CT molecular complexity index is 252. The van der Waals surface area contributed by atoms with Crippen LogP contribution in [0.25, 0.3) is 0 Å². The molecule has 0 aromatic carbocycles. The van der Waals surface area contributed by atoms with Crippen LogP contribution in [0.4, 0.5) is 0 Å². The lowest BCUT2D eigenvalue weighted by Crippen LogP contribution is -2.26. The summed E-state index contributed by atoms with van der Waals surface area (Å²) in [5, 5.41) is 0. The zero-order valence-corrected chi connectivity index (χ0v) is 9.11. The van der Waals surface area contributed by atoms with Gasteiger partial charge in [-0.05, 0) is 13.1 Å². The number of hydrogen-bond donors (Lipinski definition) is 1. The van der Waals surface area contributed by atoms with Gasteiger partial charge in [0.25, 0.3) is 0 Å². The van der Waals surface area contributed by atoms with Crippen molar-refractivity contribution in [2.24, 2.45) is 5.73 Å². The molecule has 1 rings (SSSR count). The molecule has 0 saturated carbocycles. The molecule has 0 aliphatic rings. The third kappa shape index (κ3) is 3.12. The Labute approximate surface area is 85.7 Å². The van der Waals surface area contributed by atoms with Crippen molar-refractivity contribution in [3.63, 3.8) is 0 Å². The molecule has 0 spiro atoms. The van der Waals surface area contributed by atoms with Crippen LogP contribution in [-0.2, 0) is 13.1 Å². The topological polar surface area (TPSA) is 47.1 Å². The van der Waals surface area contributed by atoms with E-state index in [4.69, 9.17) is 5.73 Å². The van der Waals surface area contributed by atoms with E-state index < -0.39 is 0 Å². The quantitative estimate of drug-likeness (QED) is 0.728. The number of imidazole rings is 1. The molecule has 80 valence electrons. The molecular formula is C10H20N4. The van der Waals surface area contributed by atoms with Crippen molar-refractivity contribution in [3.8, 4) is 0 Å². The Morgan fingerprint density at radius 1 is 1.43 bits per heavy atom. The molecule has 0 aliphatic carbocycles. The third-order valence-corrected chi connectivity index (χ3v) is 2.46. The van der Waals surface area contributed by atoms with Crippen LogP contribution in [0.3, 0.4) is 0 Å². The van der Waals surface area contributed by atoms with E-state index in [1.54, 1.807) is 0 Å². The van der Waals surface area contributed by atoms with Crippen molar-refractivity contribution in [2.45, 2.75) is 26.9 Å². The summed E-state index contributed by atoms with van der Waals surface area (Å²) in [4.78, 5) is 6.57. The van der Waals surface area contributed by atoms with Gasteiger partial charge in [0.05, 0.1) is 12.0 Å². The number of hydrogen-bond acceptors (Lipinski definition) is 3. The summed E-state index contributed by atoms with van der Waals surface area (Å²) in [5.74, 6) is 0. The van der Waals surface area contributed by atoms with Gasteiger partial charge in [0, 0.05) is 25.8 Å². The Kier molecular flexibility index (Phi) is 4.62. The monoisotopic (exact) mass is 196 g/mol. The molecule has 1 aromatic rings. The highest BCUT2D eigenvalue weighted by Gasteiger charge is 2.00. The first-order valence-corrected chi connectivity index (χ1v) is 5.23. The largest absolute Gasteiger partial charge is 0.336 e. The smallest absolute Gasteiger partial charge is 0.0950 e. The van der Waals surface area contributed by atoms with Gasteiger partial charge < -0.3 is 15.2 Å².